The number of hydrogen-bond acceptors (Lipinski definition) is 3. The van der Waals surface area contributed by atoms with Crippen molar-refractivity contribution >= 4 is 17.4 Å². The van der Waals surface area contributed by atoms with Crippen molar-refractivity contribution in [1.29, 1.82) is 5.26 Å². The van der Waals surface area contributed by atoms with Crippen molar-refractivity contribution < 1.29 is 4.39 Å². The first-order valence-corrected chi connectivity index (χ1v) is 7.02. The molecule has 0 saturated heterocycles. The van der Waals surface area contributed by atoms with Gasteiger partial charge in [-0.25, -0.2) is 9.37 Å². The van der Waals surface area contributed by atoms with Gasteiger partial charge in [-0.15, -0.1) is 0 Å². The lowest BCUT2D eigenvalue weighted by Crippen LogP contribution is -2.06. The zero-order valence-corrected chi connectivity index (χ0v) is 12.6. The number of benzene rings is 1. The van der Waals surface area contributed by atoms with Crippen LogP contribution in [0.5, 0.6) is 0 Å². The summed E-state index contributed by atoms with van der Waals surface area (Å²) in [4.78, 5) is 4.20. The van der Waals surface area contributed by atoms with Gasteiger partial charge < -0.3 is 5.73 Å². The first kappa shape index (κ1) is 15.3. The molecule has 0 aliphatic carbocycles. The van der Waals surface area contributed by atoms with Crippen LogP contribution in [0, 0.1) is 24.1 Å². The third-order valence-corrected chi connectivity index (χ3v) is 3.67. The van der Waals surface area contributed by atoms with Crippen molar-refractivity contribution in [3.63, 3.8) is 0 Å². The Kier molecular flexibility index (Phi) is 4.44. The second kappa shape index (κ2) is 6.11. The molecule has 0 amide bonds. The summed E-state index contributed by atoms with van der Waals surface area (Å²) in [5.74, 6) is -0.370. The third-order valence-electron chi connectivity index (χ3n) is 3.36. The van der Waals surface area contributed by atoms with Crippen LogP contribution < -0.4 is 5.73 Å². The minimum atomic E-state index is -0.471. The minimum Gasteiger partial charge on any atom is -0.383 e. The topological polar surface area (TPSA) is 62.7 Å². The van der Waals surface area contributed by atoms with E-state index >= 15 is 0 Å². The molecule has 1 aromatic carbocycles. The fourth-order valence-corrected chi connectivity index (χ4v) is 2.70. The molecule has 3 nitrogen and oxygen atoms in total. The average molecular weight is 304 g/mol. The molecule has 1 aromatic heterocycles. The SMILES string of the molecule is CCCc1c(C)nc(N)c(C#N)c1-c1c(F)cccc1Cl. The number of hydrogen-bond donors (Lipinski definition) is 1. The molecule has 0 saturated carbocycles. The van der Waals surface area contributed by atoms with Crippen LogP contribution in [0.2, 0.25) is 5.02 Å². The fraction of sp³-hybridized carbons (Fsp3) is 0.250. The highest BCUT2D eigenvalue weighted by atomic mass is 35.5. The second-order valence-electron chi connectivity index (χ2n) is 4.77. The molecule has 0 aliphatic rings. The zero-order valence-electron chi connectivity index (χ0n) is 11.9. The van der Waals surface area contributed by atoms with Crippen LogP contribution >= 0.6 is 11.6 Å². The molecule has 5 heteroatoms. The van der Waals surface area contributed by atoms with Gasteiger partial charge in [0.2, 0.25) is 0 Å². The van der Waals surface area contributed by atoms with Crippen LogP contribution in [0.1, 0.15) is 30.2 Å². The van der Waals surface area contributed by atoms with Gasteiger partial charge >= 0.3 is 0 Å². The average Bonchev–Trinajstić information content (AvgIpc) is 2.42. The molecule has 0 fully saturated rings. The highest BCUT2D eigenvalue weighted by molar-refractivity contribution is 6.33. The largest absolute Gasteiger partial charge is 0.383 e. The van der Waals surface area contributed by atoms with Gasteiger partial charge in [-0.3, -0.25) is 0 Å². The first-order chi connectivity index (χ1) is 10.0. The van der Waals surface area contributed by atoms with E-state index in [2.05, 4.69) is 4.98 Å². The summed E-state index contributed by atoms with van der Waals surface area (Å²) in [5.41, 5.74) is 8.21. The lowest BCUT2D eigenvalue weighted by atomic mass is 9.91. The smallest absolute Gasteiger partial charge is 0.142 e. The summed E-state index contributed by atoms with van der Waals surface area (Å²) in [6.07, 6.45) is 1.52. The van der Waals surface area contributed by atoms with E-state index < -0.39 is 5.82 Å². The van der Waals surface area contributed by atoms with Gasteiger partial charge in [-0.2, -0.15) is 5.26 Å². The lowest BCUT2D eigenvalue weighted by Gasteiger charge is -2.16. The predicted octanol–water partition coefficient (Wildman–Crippen LogP) is 4.26. The summed E-state index contributed by atoms with van der Waals surface area (Å²) in [5, 5.41) is 9.65. The highest BCUT2D eigenvalue weighted by Gasteiger charge is 2.22. The number of aryl methyl sites for hydroxylation is 1. The van der Waals surface area contributed by atoms with Gasteiger partial charge in [-0.1, -0.05) is 31.0 Å². The van der Waals surface area contributed by atoms with E-state index in [-0.39, 0.29) is 22.0 Å². The Morgan fingerprint density at radius 2 is 2.10 bits per heavy atom. The van der Waals surface area contributed by atoms with Gasteiger partial charge in [0.1, 0.15) is 23.3 Å². The quantitative estimate of drug-likeness (QED) is 0.921. The van der Waals surface area contributed by atoms with Gasteiger partial charge in [0.05, 0.1) is 5.02 Å². The molecule has 0 aliphatic heterocycles. The molecule has 1 heterocycles. The van der Waals surface area contributed by atoms with E-state index in [1.54, 1.807) is 13.0 Å². The monoisotopic (exact) mass is 303 g/mol. The summed E-state index contributed by atoms with van der Waals surface area (Å²) in [7, 11) is 0. The molecule has 0 unspecified atom stereocenters. The molecule has 21 heavy (non-hydrogen) atoms. The number of nitrogens with two attached hydrogens (primary N) is 1. The second-order valence-corrected chi connectivity index (χ2v) is 5.18. The summed E-state index contributed by atoms with van der Waals surface area (Å²) in [6.45, 7) is 3.81. The van der Waals surface area contributed by atoms with Crippen molar-refractivity contribution in [2.45, 2.75) is 26.7 Å². The molecular weight excluding hydrogens is 289 g/mol. The number of nitriles is 1. The number of pyridine rings is 1. The number of nitrogen functional groups attached to an aromatic ring is 1. The molecule has 2 N–H and O–H groups in total. The van der Waals surface area contributed by atoms with E-state index in [4.69, 9.17) is 17.3 Å². The number of aromatic nitrogens is 1. The highest BCUT2D eigenvalue weighted by Crippen LogP contribution is 2.38. The summed E-state index contributed by atoms with van der Waals surface area (Å²) in [6, 6.07) is 6.49. The Balaban J connectivity index is 2.92. The van der Waals surface area contributed by atoms with E-state index in [0.29, 0.717) is 17.7 Å². The zero-order chi connectivity index (χ0) is 15.6. The molecule has 0 bridgehead atoms. The van der Waals surface area contributed by atoms with Gasteiger partial charge in [-0.05, 0) is 31.0 Å². The van der Waals surface area contributed by atoms with E-state index in [1.807, 2.05) is 13.0 Å². The van der Waals surface area contributed by atoms with Crippen molar-refractivity contribution in [3.8, 4) is 17.2 Å². The summed E-state index contributed by atoms with van der Waals surface area (Å²) >= 11 is 6.16. The minimum absolute atomic E-state index is 0.101. The van der Waals surface area contributed by atoms with E-state index in [1.165, 1.54) is 12.1 Å². The Morgan fingerprint density at radius 1 is 1.38 bits per heavy atom. The first-order valence-electron chi connectivity index (χ1n) is 6.64. The Labute approximate surface area is 128 Å². The van der Waals surface area contributed by atoms with Gasteiger partial charge in [0, 0.05) is 16.8 Å². The van der Waals surface area contributed by atoms with Crippen LogP contribution in [0.4, 0.5) is 10.2 Å². The number of halogens is 2. The third kappa shape index (κ3) is 2.70. The van der Waals surface area contributed by atoms with Crippen LogP contribution in [-0.2, 0) is 6.42 Å². The van der Waals surface area contributed by atoms with Crippen LogP contribution in [0.15, 0.2) is 18.2 Å². The van der Waals surface area contributed by atoms with Crippen LogP contribution in [0.3, 0.4) is 0 Å². The maximum Gasteiger partial charge on any atom is 0.142 e. The standard InChI is InChI=1S/C16H15ClFN3/c1-3-5-10-9(2)21-16(20)11(8-19)14(10)15-12(17)6-4-7-13(15)18/h4,6-7H,3,5H2,1-2H3,(H2,20,21). The normalized spacial score (nSPS) is 10.4. The maximum atomic E-state index is 14.3. The van der Waals surface area contributed by atoms with E-state index in [9.17, 15) is 9.65 Å². The molecule has 2 rings (SSSR count). The predicted molar refractivity (Wildman–Crippen MR) is 82.5 cm³/mol. The molecule has 108 valence electrons. The molecule has 0 spiro atoms. The van der Waals surface area contributed by atoms with Crippen LogP contribution in [-0.4, -0.2) is 4.98 Å². The van der Waals surface area contributed by atoms with Crippen molar-refractivity contribution in [2.24, 2.45) is 0 Å². The number of anilines is 1. The van der Waals surface area contributed by atoms with Crippen LogP contribution in [0.25, 0.3) is 11.1 Å². The Bertz CT molecular complexity index is 715. The number of rotatable bonds is 3. The van der Waals surface area contributed by atoms with Crippen molar-refractivity contribution in [2.75, 3.05) is 5.73 Å². The van der Waals surface area contributed by atoms with Crippen molar-refractivity contribution in [1.82, 2.24) is 4.98 Å². The number of nitrogens with zero attached hydrogens (tertiary/aromatic N) is 2. The lowest BCUT2D eigenvalue weighted by molar-refractivity contribution is 0.631. The van der Waals surface area contributed by atoms with Gasteiger partial charge in [0.15, 0.2) is 0 Å². The molecule has 0 atom stereocenters. The fourth-order valence-electron chi connectivity index (χ4n) is 2.45. The Hall–Kier alpha value is -2.12. The molecule has 2 aromatic rings. The maximum absolute atomic E-state index is 14.3. The summed E-state index contributed by atoms with van der Waals surface area (Å²) < 4.78 is 14.3. The molecular formula is C16H15ClFN3. The Morgan fingerprint density at radius 3 is 2.67 bits per heavy atom. The van der Waals surface area contributed by atoms with Gasteiger partial charge in [0.25, 0.3) is 0 Å². The van der Waals surface area contributed by atoms with Crippen molar-refractivity contribution in [3.05, 3.63) is 45.9 Å². The van der Waals surface area contributed by atoms with E-state index in [0.717, 1.165) is 12.0 Å². The molecule has 0 radical (unpaired) electrons.